The summed E-state index contributed by atoms with van der Waals surface area (Å²) in [5, 5.41) is 32.9. The molecule has 2 aromatic heterocycles. The molecule has 0 saturated carbocycles. The van der Waals surface area contributed by atoms with Crippen LogP contribution in [0, 0.1) is 0 Å². The molecular formula is C15H24N6O5S2. The van der Waals surface area contributed by atoms with E-state index in [0.717, 1.165) is 0 Å². The van der Waals surface area contributed by atoms with Crippen molar-refractivity contribution in [3.8, 4) is 0 Å². The zero-order valence-corrected chi connectivity index (χ0v) is 16.9. The van der Waals surface area contributed by atoms with Gasteiger partial charge < -0.3 is 31.1 Å². The van der Waals surface area contributed by atoms with Gasteiger partial charge in [0.1, 0.15) is 36.2 Å². The van der Waals surface area contributed by atoms with E-state index in [4.69, 9.17) is 10.5 Å². The minimum atomic E-state index is -1.24. The van der Waals surface area contributed by atoms with Gasteiger partial charge >= 0.3 is 5.97 Å². The van der Waals surface area contributed by atoms with Crippen LogP contribution in [0.3, 0.4) is 0 Å². The first kappa shape index (κ1) is 22.6. The van der Waals surface area contributed by atoms with Crippen LogP contribution in [0.2, 0.25) is 0 Å². The molecule has 6 N–H and O–H groups in total. The Bertz CT molecular complexity index is 808. The summed E-state index contributed by atoms with van der Waals surface area (Å²) in [7, 11) is 0. The van der Waals surface area contributed by atoms with E-state index >= 15 is 0 Å². The third-order valence-corrected chi connectivity index (χ3v) is 5.12. The van der Waals surface area contributed by atoms with Crippen LogP contribution in [0.4, 0.5) is 5.82 Å². The van der Waals surface area contributed by atoms with Gasteiger partial charge in [-0.3, -0.25) is 9.36 Å². The van der Waals surface area contributed by atoms with Gasteiger partial charge in [-0.2, -0.15) is 25.3 Å². The molecule has 0 aliphatic carbocycles. The number of rotatable bonds is 8. The monoisotopic (exact) mass is 432 g/mol. The number of nitrogens with one attached hydrogen (secondary N) is 1. The number of ether oxygens (including phenoxy) is 1. The Morgan fingerprint density at radius 2 is 2.14 bits per heavy atom. The van der Waals surface area contributed by atoms with Crippen molar-refractivity contribution < 1.29 is 24.9 Å². The summed E-state index contributed by atoms with van der Waals surface area (Å²) in [5.41, 5.74) is 6.50. The van der Waals surface area contributed by atoms with Gasteiger partial charge in [0.2, 0.25) is 0 Å². The number of fused-ring (bicyclic) bond motifs is 1. The van der Waals surface area contributed by atoms with Gasteiger partial charge in [-0.05, 0) is 18.4 Å². The average molecular weight is 433 g/mol. The van der Waals surface area contributed by atoms with Gasteiger partial charge in [-0.25, -0.2) is 15.0 Å². The number of carboxylic acids is 1. The van der Waals surface area contributed by atoms with Crippen LogP contribution in [0.1, 0.15) is 12.6 Å². The first-order valence-electron chi connectivity index (χ1n) is 8.33. The Balaban J connectivity index is 0.00000280. The number of carboxylic acid groups (broad SMARTS) is 1. The minimum Gasteiger partial charge on any atom is -0.480 e. The molecule has 1 aliphatic heterocycles. The predicted octanol–water partition coefficient (Wildman–Crippen LogP) is -1.06. The smallest absolute Gasteiger partial charge is 0.320 e. The predicted molar refractivity (Wildman–Crippen MR) is 108 cm³/mol. The van der Waals surface area contributed by atoms with Crippen LogP contribution in [-0.2, 0) is 9.53 Å². The number of aliphatic hydroxyl groups excluding tert-OH is 2. The Kier molecular flexibility index (Phi) is 7.86. The SMILES string of the molecule is CSCC[C@H](NC[C@H]1O[C@@H](n2cnc3c(N)ncnc32)[C@H](O)[C@@H]1O)C(=O)O.S. The second-order valence-corrected chi connectivity index (χ2v) is 7.20. The molecule has 3 rings (SSSR count). The van der Waals surface area contributed by atoms with Gasteiger partial charge in [0.25, 0.3) is 0 Å². The second kappa shape index (κ2) is 9.71. The summed E-state index contributed by atoms with van der Waals surface area (Å²) in [5.74, 6) is -0.0876. The Morgan fingerprint density at radius 1 is 1.39 bits per heavy atom. The molecule has 5 atom stereocenters. The standard InChI is InChI=1S/C15H22N6O5S.H2S/c1-27-3-2-7(15(24)25)17-4-8-10(22)11(23)14(26-8)21-6-20-9-12(16)18-5-19-13(9)21;/h5-8,10-11,14,17,22-23H,2-4H2,1H3,(H,24,25)(H2,16,18,19);1H2/t7-,8+,10+,11+,14+;/m0./s1. The van der Waals surface area contributed by atoms with Crippen molar-refractivity contribution >= 4 is 48.2 Å². The highest BCUT2D eigenvalue weighted by Gasteiger charge is 2.44. The van der Waals surface area contributed by atoms with Gasteiger partial charge in [0.15, 0.2) is 17.7 Å². The molecule has 13 heteroatoms. The zero-order chi connectivity index (χ0) is 19.6. The molecule has 3 heterocycles. The maximum absolute atomic E-state index is 11.3. The number of anilines is 1. The Labute approximate surface area is 172 Å². The van der Waals surface area contributed by atoms with E-state index in [1.165, 1.54) is 17.2 Å². The molecule has 28 heavy (non-hydrogen) atoms. The highest BCUT2D eigenvalue weighted by atomic mass is 32.2. The number of hydrogen-bond donors (Lipinski definition) is 5. The number of thioether (sulfide) groups is 1. The molecule has 0 bridgehead atoms. The van der Waals surface area contributed by atoms with E-state index in [-0.39, 0.29) is 25.9 Å². The van der Waals surface area contributed by atoms with Crippen molar-refractivity contribution in [2.75, 3.05) is 24.3 Å². The molecule has 2 aromatic rings. The molecule has 0 radical (unpaired) electrons. The third kappa shape index (κ3) is 4.50. The van der Waals surface area contributed by atoms with Gasteiger partial charge in [-0.1, -0.05) is 0 Å². The fourth-order valence-corrected chi connectivity index (χ4v) is 3.46. The van der Waals surface area contributed by atoms with Crippen LogP contribution < -0.4 is 11.1 Å². The zero-order valence-electron chi connectivity index (χ0n) is 15.1. The van der Waals surface area contributed by atoms with E-state index in [2.05, 4.69) is 20.3 Å². The van der Waals surface area contributed by atoms with Crippen molar-refractivity contribution in [3.63, 3.8) is 0 Å². The number of nitrogens with zero attached hydrogens (tertiary/aromatic N) is 4. The van der Waals surface area contributed by atoms with E-state index in [1.54, 1.807) is 11.8 Å². The van der Waals surface area contributed by atoms with Gasteiger partial charge in [-0.15, -0.1) is 0 Å². The summed E-state index contributed by atoms with van der Waals surface area (Å²) in [4.78, 5) is 23.4. The largest absolute Gasteiger partial charge is 0.480 e. The lowest BCUT2D eigenvalue weighted by molar-refractivity contribution is -0.139. The lowest BCUT2D eigenvalue weighted by Gasteiger charge is -2.19. The van der Waals surface area contributed by atoms with Crippen LogP contribution in [-0.4, -0.2) is 83.7 Å². The maximum atomic E-state index is 11.3. The van der Waals surface area contributed by atoms with Crippen LogP contribution in [0.5, 0.6) is 0 Å². The number of hydrogen-bond acceptors (Lipinski definition) is 10. The lowest BCUT2D eigenvalue weighted by atomic mass is 10.1. The van der Waals surface area contributed by atoms with Crippen molar-refractivity contribution in [3.05, 3.63) is 12.7 Å². The number of carbonyl (C=O) groups is 1. The number of imidazole rings is 1. The summed E-state index contributed by atoms with van der Waals surface area (Å²) in [6.07, 6.45) is 0.858. The number of aliphatic carboxylic acids is 1. The molecule has 0 amide bonds. The van der Waals surface area contributed by atoms with Crippen LogP contribution in [0.15, 0.2) is 12.7 Å². The molecule has 1 aliphatic rings. The van der Waals surface area contributed by atoms with Crippen LogP contribution in [0.25, 0.3) is 11.2 Å². The highest BCUT2D eigenvalue weighted by Crippen LogP contribution is 2.31. The highest BCUT2D eigenvalue weighted by molar-refractivity contribution is 7.98. The van der Waals surface area contributed by atoms with Crippen molar-refractivity contribution in [2.45, 2.75) is 37.0 Å². The van der Waals surface area contributed by atoms with E-state index < -0.39 is 36.6 Å². The summed E-state index contributed by atoms with van der Waals surface area (Å²) >= 11 is 1.55. The van der Waals surface area contributed by atoms with Gasteiger partial charge in [0.05, 0.1) is 6.33 Å². The number of nitrogen functional groups attached to an aromatic ring is 1. The fourth-order valence-electron chi connectivity index (χ4n) is 2.99. The van der Waals surface area contributed by atoms with Gasteiger partial charge in [0, 0.05) is 6.54 Å². The molecule has 1 fully saturated rings. The Morgan fingerprint density at radius 3 is 2.82 bits per heavy atom. The van der Waals surface area contributed by atoms with Crippen molar-refractivity contribution in [1.82, 2.24) is 24.8 Å². The van der Waals surface area contributed by atoms with E-state index in [0.29, 0.717) is 23.3 Å². The third-order valence-electron chi connectivity index (χ3n) is 4.47. The quantitative estimate of drug-likeness (QED) is 0.344. The average Bonchev–Trinajstić information content (AvgIpc) is 3.18. The normalized spacial score (nSPS) is 25.5. The molecule has 1 saturated heterocycles. The summed E-state index contributed by atoms with van der Waals surface area (Å²) < 4.78 is 7.25. The number of aliphatic hydroxyl groups is 2. The molecule has 11 nitrogen and oxygen atoms in total. The molecule has 156 valence electrons. The summed E-state index contributed by atoms with van der Waals surface area (Å²) in [6.45, 7) is 0.0732. The maximum Gasteiger partial charge on any atom is 0.320 e. The Hall–Kier alpha value is -1.64. The molecule has 0 aromatic carbocycles. The molecule has 0 spiro atoms. The fraction of sp³-hybridized carbons (Fsp3) is 0.600. The van der Waals surface area contributed by atoms with Crippen LogP contribution >= 0.6 is 25.3 Å². The second-order valence-electron chi connectivity index (χ2n) is 6.21. The van der Waals surface area contributed by atoms with E-state index in [1.807, 2.05) is 6.26 Å². The van der Waals surface area contributed by atoms with E-state index in [9.17, 15) is 20.1 Å². The molecule has 0 unspecified atom stereocenters. The lowest BCUT2D eigenvalue weighted by Crippen LogP contribution is -2.44. The number of nitrogens with two attached hydrogens (primary N) is 1. The number of aromatic nitrogens is 4. The first-order valence-corrected chi connectivity index (χ1v) is 9.73. The first-order chi connectivity index (χ1) is 12.9. The minimum absolute atomic E-state index is 0. The summed E-state index contributed by atoms with van der Waals surface area (Å²) in [6, 6.07) is -0.758. The van der Waals surface area contributed by atoms with Crippen molar-refractivity contribution in [2.24, 2.45) is 0 Å². The topological polar surface area (TPSA) is 169 Å². The molecular weight excluding hydrogens is 408 g/mol. The van der Waals surface area contributed by atoms with Crippen molar-refractivity contribution in [1.29, 1.82) is 0 Å².